The van der Waals surface area contributed by atoms with Gasteiger partial charge in [-0.15, -0.1) is 0 Å². The normalized spacial score (nSPS) is 11.2. The lowest BCUT2D eigenvalue weighted by Gasteiger charge is -2.07. The smallest absolute Gasteiger partial charge is 0.316 e. The van der Waals surface area contributed by atoms with E-state index in [0.29, 0.717) is 22.9 Å². The van der Waals surface area contributed by atoms with Crippen molar-refractivity contribution in [2.45, 2.75) is 19.8 Å². The summed E-state index contributed by atoms with van der Waals surface area (Å²) < 4.78 is 2.80. The number of benzene rings is 1. The first-order valence-corrected chi connectivity index (χ1v) is 9.28. The lowest BCUT2D eigenvalue weighted by atomic mass is 10.0. The summed E-state index contributed by atoms with van der Waals surface area (Å²) in [7, 11) is 1.60. The van der Waals surface area contributed by atoms with E-state index < -0.39 is 4.92 Å². The van der Waals surface area contributed by atoms with Crippen molar-refractivity contribution in [3.8, 4) is 11.4 Å². The second-order valence-electron chi connectivity index (χ2n) is 7.17. The Kier molecular flexibility index (Phi) is 4.74. The molecule has 0 unspecified atom stereocenters. The van der Waals surface area contributed by atoms with Gasteiger partial charge in [0.1, 0.15) is 11.9 Å². The number of carbonyl (C=O) groups excluding carboxylic acids is 1. The van der Waals surface area contributed by atoms with Gasteiger partial charge in [-0.3, -0.25) is 19.6 Å². The standard InChI is InChI=1S/C20H19N7O3/c1-12(2)13-4-6-14(7-5-13)21-20(28)16-10-18-22-15(8-9-26(18)23-16)19-17(27(29)30)11-25(3)24-19/h4-12H,1-3H3,(H,21,28). The topological polar surface area (TPSA) is 120 Å². The number of carbonyl (C=O) groups is 1. The maximum Gasteiger partial charge on any atom is 0.316 e. The highest BCUT2D eigenvalue weighted by molar-refractivity contribution is 6.03. The van der Waals surface area contributed by atoms with Crippen LogP contribution in [0.3, 0.4) is 0 Å². The Morgan fingerprint density at radius 2 is 1.90 bits per heavy atom. The van der Waals surface area contributed by atoms with Crippen molar-refractivity contribution >= 4 is 22.9 Å². The van der Waals surface area contributed by atoms with Gasteiger partial charge < -0.3 is 5.32 Å². The molecule has 0 fully saturated rings. The molecule has 10 heteroatoms. The van der Waals surface area contributed by atoms with Crippen molar-refractivity contribution in [3.05, 3.63) is 70.2 Å². The number of aryl methyl sites for hydroxylation is 1. The van der Waals surface area contributed by atoms with Crippen LogP contribution in [-0.2, 0) is 7.05 Å². The van der Waals surface area contributed by atoms with E-state index in [0.717, 1.165) is 0 Å². The fourth-order valence-electron chi connectivity index (χ4n) is 3.06. The van der Waals surface area contributed by atoms with Crippen LogP contribution in [0.2, 0.25) is 0 Å². The van der Waals surface area contributed by atoms with Crippen LogP contribution in [0.5, 0.6) is 0 Å². The molecule has 4 aromatic rings. The Hall–Kier alpha value is -4.08. The Labute approximate surface area is 171 Å². The quantitative estimate of drug-likeness (QED) is 0.401. The molecular weight excluding hydrogens is 386 g/mol. The predicted molar refractivity (Wildman–Crippen MR) is 110 cm³/mol. The molecule has 10 nitrogen and oxygen atoms in total. The van der Waals surface area contributed by atoms with Gasteiger partial charge >= 0.3 is 5.69 Å². The summed E-state index contributed by atoms with van der Waals surface area (Å²) in [4.78, 5) is 27.7. The minimum atomic E-state index is -0.506. The highest BCUT2D eigenvalue weighted by Crippen LogP contribution is 2.27. The summed E-state index contributed by atoms with van der Waals surface area (Å²) in [6.07, 6.45) is 2.91. The molecule has 0 radical (unpaired) electrons. The number of aromatic nitrogens is 5. The number of nitrogens with one attached hydrogen (secondary N) is 1. The molecule has 0 aliphatic heterocycles. The van der Waals surface area contributed by atoms with Gasteiger partial charge in [0.05, 0.1) is 4.92 Å². The third-order valence-electron chi connectivity index (χ3n) is 4.64. The summed E-state index contributed by atoms with van der Waals surface area (Å²) in [5, 5.41) is 22.4. The Balaban J connectivity index is 1.61. The summed E-state index contributed by atoms with van der Waals surface area (Å²) in [5.41, 5.74) is 2.75. The van der Waals surface area contributed by atoms with E-state index in [9.17, 15) is 14.9 Å². The maximum atomic E-state index is 12.6. The molecule has 0 atom stereocenters. The average Bonchev–Trinajstić information content (AvgIpc) is 3.31. The van der Waals surface area contributed by atoms with Crippen molar-refractivity contribution < 1.29 is 9.72 Å². The molecule has 0 saturated carbocycles. The largest absolute Gasteiger partial charge is 0.321 e. The molecule has 152 valence electrons. The zero-order valence-corrected chi connectivity index (χ0v) is 16.6. The average molecular weight is 405 g/mol. The van der Waals surface area contributed by atoms with E-state index >= 15 is 0 Å². The van der Waals surface area contributed by atoms with E-state index in [2.05, 4.69) is 34.3 Å². The zero-order chi connectivity index (χ0) is 21.4. The van der Waals surface area contributed by atoms with Crippen LogP contribution in [0, 0.1) is 10.1 Å². The van der Waals surface area contributed by atoms with Gasteiger partial charge in [0.25, 0.3) is 5.91 Å². The Bertz CT molecular complexity index is 1260. The summed E-state index contributed by atoms with van der Waals surface area (Å²) in [6.45, 7) is 4.20. The highest BCUT2D eigenvalue weighted by atomic mass is 16.6. The van der Waals surface area contributed by atoms with Crippen LogP contribution >= 0.6 is 0 Å². The van der Waals surface area contributed by atoms with Crippen molar-refractivity contribution in [3.63, 3.8) is 0 Å². The van der Waals surface area contributed by atoms with Crippen molar-refractivity contribution in [2.24, 2.45) is 7.05 Å². The second-order valence-corrected chi connectivity index (χ2v) is 7.17. The first-order chi connectivity index (χ1) is 14.3. The van der Waals surface area contributed by atoms with Crippen LogP contribution in [-0.4, -0.2) is 35.2 Å². The van der Waals surface area contributed by atoms with E-state index in [1.165, 1.54) is 27.0 Å². The highest BCUT2D eigenvalue weighted by Gasteiger charge is 2.22. The molecule has 0 aliphatic carbocycles. The molecule has 30 heavy (non-hydrogen) atoms. The van der Waals surface area contributed by atoms with E-state index in [1.54, 1.807) is 19.3 Å². The predicted octanol–water partition coefficient (Wildman–Crippen LogP) is 3.41. The number of amides is 1. The van der Waals surface area contributed by atoms with Crippen LogP contribution in [0.1, 0.15) is 35.8 Å². The molecule has 3 aromatic heterocycles. The van der Waals surface area contributed by atoms with Crippen molar-refractivity contribution in [1.29, 1.82) is 0 Å². The number of nitro groups is 1. The minimum absolute atomic E-state index is 0.142. The number of fused-ring (bicyclic) bond motifs is 1. The Morgan fingerprint density at radius 3 is 2.57 bits per heavy atom. The summed E-state index contributed by atoms with van der Waals surface area (Å²) in [5.74, 6) is 0.0338. The SMILES string of the molecule is CC(C)c1ccc(NC(=O)c2cc3nc(-c4nn(C)cc4[N+](=O)[O-])ccn3n2)cc1. The minimum Gasteiger partial charge on any atom is -0.321 e. The first-order valence-electron chi connectivity index (χ1n) is 9.28. The molecule has 1 aromatic carbocycles. The maximum absolute atomic E-state index is 12.6. The molecule has 0 aliphatic rings. The molecule has 4 rings (SSSR count). The van der Waals surface area contributed by atoms with Gasteiger partial charge in [0.2, 0.25) is 0 Å². The molecule has 1 N–H and O–H groups in total. The molecule has 1 amide bonds. The van der Waals surface area contributed by atoms with Crippen LogP contribution in [0.25, 0.3) is 17.0 Å². The summed E-state index contributed by atoms with van der Waals surface area (Å²) >= 11 is 0. The van der Waals surface area contributed by atoms with Gasteiger partial charge in [0.15, 0.2) is 17.0 Å². The van der Waals surface area contributed by atoms with Crippen LogP contribution in [0.15, 0.2) is 48.8 Å². The fraction of sp³-hybridized carbons (Fsp3) is 0.200. The molecule has 0 saturated heterocycles. The summed E-state index contributed by atoms with van der Waals surface area (Å²) in [6, 6.07) is 10.7. The molecule has 0 bridgehead atoms. The van der Waals surface area contributed by atoms with Crippen molar-refractivity contribution in [2.75, 3.05) is 5.32 Å². The van der Waals surface area contributed by atoms with Crippen LogP contribution in [0.4, 0.5) is 11.4 Å². The number of nitrogens with zero attached hydrogens (tertiary/aromatic N) is 6. The fourth-order valence-corrected chi connectivity index (χ4v) is 3.06. The van der Waals surface area contributed by atoms with Gasteiger partial charge in [-0.05, 0) is 29.7 Å². The first kappa shape index (κ1) is 19.2. The molecule has 0 spiro atoms. The Morgan fingerprint density at radius 1 is 1.17 bits per heavy atom. The third-order valence-corrected chi connectivity index (χ3v) is 4.64. The monoisotopic (exact) mass is 405 g/mol. The van der Waals surface area contributed by atoms with Gasteiger partial charge in [-0.2, -0.15) is 10.2 Å². The van der Waals surface area contributed by atoms with Crippen LogP contribution < -0.4 is 5.32 Å². The van der Waals surface area contributed by atoms with E-state index in [-0.39, 0.29) is 23.0 Å². The van der Waals surface area contributed by atoms with E-state index in [4.69, 9.17) is 0 Å². The van der Waals surface area contributed by atoms with Gasteiger partial charge in [-0.1, -0.05) is 26.0 Å². The van der Waals surface area contributed by atoms with Crippen molar-refractivity contribution in [1.82, 2.24) is 24.4 Å². The number of hydrogen-bond acceptors (Lipinski definition) is 6. The zero-order valence-electron chi connectivity index (χ0n) is 16.6. The third kappa shape index (κ3) is 3.62. The van der Waals surface area contributed by atoms with Gasteiger partial charge in [0, 0.05) is 25.0 Å². The lowest BCUT2D eigenvalue weighted by molar-refractivity contribution is -0.384. The molecular formula is C20H19N7O3. The van der Waals surface area contributed by atoms with Gasteiger partial charge in [-0.25, -0.2) is 9.50 Å². The number of anilines is 1. The number of hydrogen-bond donors (Lipinski definition) is 1. The number of rotatable bonds is 5. The lowest BCUT2D eigenvalue weighted by Crippen LogP contribution is -2.12. The second kappa shape index (κ2) is 7.39. The molecule has 3 heterocycles. The van der Waals surface area contributed by atoms with E-state index in [1.807, 2.05) is 24.3 Å².